The van der Waals surface area contributed by atoms with Crippen LogP contribution in [-0.2, 0) is 26.3 Å². The molecular formula is C42H53NO5. The van der Waals surface area contributed by atoms with Gasteiger partial charge >= 0.3 is 11.9 Å². The summed E-state index contributed by atoms with van der Waals surface area (Å²) < 4.78 is 13.1. The molecule has 256 valence electrons. The van der Waals surface area contributed by atoms with Crippen LogP contribution < -0.4 is 5.73 Å². The predicted octanol–water partition coefficient (Wildman–Crippen LogP) is 8.91. The summed E-state index contributed by atoms with van der Waals surface area (Å²) in [5.41, 5.74) is 5.44. The summed E-state index contributed by atoms with van der Waals surface area (Å²) in [6.07, 6.45) is 30.2. The van der Waals surface area contributed by atoms with Crippen molar-refractivity contribution in [2.75, 3.05) is 6.54 Å². The molecule has 6 nitrogen and oxygen atoms in total. The lowest BCUT2D eigenvalue weighted by molar-refractivity contribution is -0.272. The Morgan fingerprint density at radius 3 is 2.67 bits per heavy atom. The zero-order chi connectivity index (χ0) is 32.9. The van der Waals surface area contributed by atoms with Gasteiger partial charge in [-0.2, -0.15) is 0 Å². The molecule has 48 heavy (non-hydrogen) atoms. The fraction of sp³-hybridized carbons (Fsp3) is 0.619. The van der Waals surface area contributed by atoms with Crippen molar-refractivity contribution in [1.82, 2.24) is 0 Å². The third kappa shape index (κ3) is 4.53. The Morgan fingerprint density at radius 2 is 1.81 bits per heavy atom. The lowest BCUT2D eigenvalue weighted by Gasteiger charge is -2.68. The Balaban J connectivity index is 1.17. The standard InChI is InChI=1S/C42H53NO5/c43-27-11-19-31-18-9-21-33-36(31)38(45)48-42(33)35(24-23-28-12-2-1-3-13-28)40-25-6-7-26-41(40,42)37(47-39(40)46)34(44)22-10-17-30-16-8-15-29-14-4-5-20-32(29)30/h4-6,9,14,18,20-21,25,28-30,32,35,44H,1-3,7-8,10-13,15-17,19,22-24,26-27,43H2/b37-34+/t29-,30-,32+,35-,40-,41+,42+/m0/s1. The molecule has 0 radical (unpaired) electrons. The quantitative estimate of drug-likeness (QED) is 0.149. The zero-order valence-corrected chi connectivity index (χ0v) is 28.5. The van der Waals surface area contributed by atoms with Gasteiger partial charge in [-0.15, -0.1) is 0 Å². The topological polar surface area (TPSA) is 98.9 Å². The smallest absolute Gasteiger partial charge is 0.339 e. The van der Waals surface area contributed by atoms with Crippen molar-refractivity contribution in [2.45, 2.75) is 115 Å². The fourth-order valence-electron chi connectivity index (χ4n) is 11.8. The molecule has 0 aromatic heterocycles. The maximum Gasteiger partial charge on any atom is 0.339 e. The van der Waals surface area contributed by atoms with E-state index in [0.717, 1.165) is 49.7 Å². The summed E-state index contributed by atoms with van der Waals surface area (Å²) in [4.78, 5) is 28.5. The van der Waals surface area contributed by atoms with Gasteiger partial charge in [-0.05, 0) is 100.0 Å². The van der Waals surface area contributed by atoms with E-state index < -0.39 is 16.4 Å². The average Bonchev–Trinajstić information content (AvgIpc) is 3.57. The van der Waals surface area contributed by atoms with Crippen LogP contribution in [0.1, 0.15) is 124 Å². The minimum atomic E-state index is -1.05. The summed E-state index contributed by atoms with van der Waals surface area (Å²) in [7, 11) is 0. The number of benzene rings is 1. The molecule has 7 aliphatic rings. The summed E-state index contributed by atoms with van der Waals surface area (Å²) >= 11 is 0. The van der Waals surface area contributed by atoms with Crippen LogP contribution in [0.15, 0.2) is 66.2 Å². The second-order valence-corrected chi connectivity index (χ2v) is 16.0. The number of carbonyl (C=O) groups excluding carboxylic acids is 2. The molecule has 4 fully saturated rings. The van der Waals surface area contributed by atoms with Crippen molar-refractivity contribution in [3.05, 3.63) is 82.9 Å². The highest BCUT2D eigenvalue weighted by molar-refractivity contribution is 5.99. The van der Waals surface area contributed by atoms with E-state index in [1.54, 1.807) is 0 Å². The predicted molar refractivity (Wildman–Crippen MR) is 186 cm³/mol. The van der Waals surface area contributed by atoms with Gasteiger partial charge in [0.2, 0.25) is 0 Å². The van der Waals surface area contributed by atoms with Crippen LogP contribution in [0.2, 0.25) is 0 Å². The summed E-state index contributed by atoms with van der Waals surface area (Å²) in [6, 6.07) is 6.11. The van der Waals surface area contributed by atoms with E-state index in [-0.39, 0.29) is 23.6 Å². The summed E-state index contributed by atoms with van der Waals surface area (Å²) in [5, 5.41) is 12.0. The first-order chi connectivity index (χ1) is 23.5. The Labute approximate surface area is 285 Å². The van der Waals surface area contributed by atoms with Crippen LogP contribution in [0, 0.1) is 40.4 Å². The van der Waals surface area contributed by atoms with Crippen LogP contribution in [0.25, 0.3) is 0 Å². The second kappa shape index (κ2) is 12.6. The SMILES string of the molecule is NCCCc1cccc2c1C(=O)O[C@@]21[C@@H](CCC2CCCCC2)[C@]23C=CCC[C@]12/C(=C(\O)CCC[C@@H]1CCC[C@@H]2C=CC=C[C@@H]12)OC3=O. The first-order valence-electron chi connectivity index (χ1n) is 19.2. The number of nitrogens with two attached hydrogens (primary N) is 1. The van der Waals surface area contributed by atoms with Gasteiger partial charge in [0.15, 0.2) is 11.4 Å². The molecule has 1 saturated heterocycles. The molecule has 1 aromatic rings. The molecule has 2 aliphatic heterocycles. The second-order valence-electron chi connectivity index (χ2n) is 16.0. The van der Waals surface area contributed by atoms with E-state index in [1.165, 1.54) is 51.4 Å². The molecule has 1 aromatic carbocycles. The number of ether oxygens (including phenoxy) is 2. The van der Waals surface area contributed by atoms with Gasteiger partial charge in [-0.1, -0.05) is 93.2 Å². The minimum Gasteiger partial charge on any atom is -0.509 e. The van der Waals surface area contributed by atoms with Gasteiger partial charge in [0.1, 0.15) is 11.2 Å². The maximum atomic E-state index is 14.4. The Bertz CT molecular complexity index is 1570. The summed E-state index contributed by atoms with van der Waals surface area (Å²) in [6.45, 7) is 0.546. The van der Waals surface area contributed by atoms with Crippen LogP contribution in [0.3, 0.4) is 0 Å². The molecule has 3 saturated carbocycles. The number of carbonyl (C=O) groups is 2. The number of hydrogen-bond donors (Lipinski definition) is 2. The molecule has 0 bridgehead atoms. The highest BCUT2D eigenvalue weighted by Gasteiger charge is 2.91. The lowest BCUT2D eigenvalue weighted by atomic mass is 9.31. The Kier molecular flexibility index (Phi) is 8.46. The van der Waals surface area contributed by atoms with E-state index in [2.05, 4.69) is 42.5 Å². The molecule has 0 unspecified atom stereocenters. The normalized spacial score (nSPS) is 37.4. The largest absolute Gasteiger partial charge is 0.509 e. The number of aliphatic hydroxyl groups excluding tert-OH is 1. The van der Waals surface area contributed by atoms with E-state index in [1.807, 2.05) is 12.1 Å². The van der Waals surface area contributed by atoms with Crippen molar-refractivity contribution in [3.63, 3.8) is 0 Å². The first-order valence-corrected chi connectivity index (χ1v) is 19.2. The Hall–Kier alpha value is -3.12. The number of cyclic esters (lactones) is 1. The van der Waals surface area contributed by atoms with Crippen molar-refractivity contribution in [2.24, 2.45) is 46.2 Å². The molecule has 1 spiro atoms. The van der Waals surface area contributed by atoms with Crippen LogP contribution in [0.5, 0.6) is 0 Å². The maximum absolute atomic E-state index is 14.4. The molecule has 2 heterocycles. The lowest BCUT2D eigenvalue weighted by Crippen LogP contribution is -2.75. The summed E-state index contributed by atoms with van der Waals surface area (Å²) in [5.74, 6) is 2.12. The van der Waals surface area contributed by atoms with Gasteiger partial charge in [0, 0.05) is 17.9 Å². The number of rotatable bonds is 10. The monoisotopic (exact) mass is 651 g/mol. The van der Waals surface area contributed by atoms with Crippen LogP contribution in [-0.4, -0.2) is 23.6 Å². The van der Waals surface area contributed by atoms with E-state index in [4.69, 9.17) is 15.2 Å². The van der Waals surface area contributed by atoms with Gasteiger partial charge in [-0.3, -0.25) is 4.79 Å². The highest BCUT2D eigenvalue weighted by atomic mass is 16.6. The van der Waals surface area contributed by atoms with E-state index in [0.29, 0.717) is 60.8 Å². The highest BCUT2D eigenvalue weighted by Crippen LogP contribution is 2.84. The minimum absolute atomic E-state index is 0.167. The molecule has 5 aliphatic carbocycles. The number of allylic oxidation sites excluding steroid dienone is 6. The molecule has 7 atom stereocenters. The molecule has 3 N–H and O–H groups in total. The van der Waals surface area contributed by atoms with Crippen molar-refractivity contribution >= 4 is 11.9 Å². The number of fused-ring (bicyclic) bond motifs is 3. The van der Waals surface area contributed by atoms with Crippen molar-refractivity contribution in [1.29, 1.82) is 0 Å². The third-order valence-corrected chi connectivity index (χ3v) is 13.8. The van der Waals surface area contributed by atoms with E-state index in [9.17, 15) is 14.7 Å². The fourth-order valence-corrected chi connectivity index (χ4v) is 11.8. The van der Waals surface area contributed by atoms with Gasteiger partial charge in [0.05, 0.1) is 11.0 Å². The van der Waals surface area contributed by atoms with Crippen LogP contribution >= 0.6 is 0 Å². The average molecular weight is 652 g/mol. The van der Waals surface area contributed by atoms with Gasteiger partial charge < -0.3 is 20.3 Å². The third-order valence-electron chi connectivity index (χ3n) is 13.8. The first kappa shape index (κ1) is 32.1. The molecule has 8 rings (SSSR count). The van der Waals surface area contributed by atoms with Gasteiger partial charge in [-0.25, -0.2) is 4.79 Å². The molecule has 0 amide bonds. The number of esters is 2. The van der Waals surface area contributed by atoms with Crippen LogP contribution in [0.4, 0.5) is 0 Å². The number of aryl methyl sites for hydroxylation is 1. The van der Waals surface area contributed by atoms with Gasteiger partial charge in [0.25, 0.3) is 0 Å². The van der Waals surface area contributed by atoms with E-state index >= 15 is 0 Å². The number of aliphatic hydroxyl groups is 1. The molecule has 6 heteroatoms. The van der Waals surface area contributed by atoms with Crippen molar-refractivity contribution < 1.29 is 24.2 Å². The number of hydrogen-bond acceptors (Lipinski definition) is 6. The Morgan fingerprint density at radius 1 is 0.958 bits per heavy atom. The van der Waals surface area contributed by atoms with Crippen molar-refractivity contribution in [3.8, 4) is 0 Å². The zero-order valence-electron chi connectivity index (χ0n) is 28.5. The molecular weight excluding hydrogens is 598 g/mol.